The molecule has 1 saturated heterocycles. The number of aryl methyl sites for hydroxylation is 1. The molecule has 0 aromatic carbocycles. The normalized spacial score (nSPS) is 25.1. The van der Waals surface area contributed by atoms with Gasteiger partial charge in [-0.1, -0.05) is 6.92 Å². The lowest BCUT2D eigenvalue weighted by Gasteiger charge is -2.25. The van der Waals surface area contributed by atoms with Gasteiger partial charge in [0.1, 0.15) is 12.2 Å². The Hall–Kier alpha value is -0.550. The lowest BCUT2D eigenvalue weighted by molar-refractivity contribution is 0.505. The van der Waals surface area contributed by atoms with Gasteiger partial charge in [-0.2, -0.15) is 16.9 Å². The minimum Gasteiger partial charge on any atom is -0.329 e. The fourth-order valence-electron chi connectivity index (χ4n) is 2.24. The zero-order valence-corrected chi connectivity index (χ0v) is 10.7. The highest BCUT2D eigenvalue weighted by atomic mass is 32.2. The third-order valence-corrected chi connectivity index (χ3v) is 4.79. The summed E-state index contributed by atoms with van der Waals surface area (Å²) in [5, 5.41) is 4.27. The third kappa shape index (κ3) is 2.40. The van der Waals surface area contributed by atoms with Crippen molar-refractivity contribution in [2.45, 2.75) is 43.9 Å². The molecule has 5 heteroatoms. The van der Waals surface area contributed by atoms with Crippen LogP contribution < -0.4 is 5.73 Å². The van der Waals surface area contributed by atoms with Crippen LogP contribution in [0.1, 0.15) is 32.0 Å². The molecule has 2 N–H and O–H groups in total. The second-order valence-electron chi connectivity index (χ2n) is 4.42. The largest absolute Gasteiger partial charge is 0.329 e. The summed E-state index contributed by atoms with van der Waals surface area (Å²) in [7, 11) is 0. The van der Waals surface area contributed by atoms with Crippen LogP contribution >= 0.6 is 11.8 Å². The van der Waals surface area contributed by atoms with Gasteiger partial charge >= 0.3 is 0 Å². The van der Waals surface area contributed by atoms with Crippen molar-refractivity contribution >= 4 is 11.8 Å². The molecule has 0 bridgehead atoms. The van der Waals surface area contributed by atoms with E-state index in [1.54, 1.807) is 6.33 Å². The van der Waals surface area contributed by atoms with Gasteiger partial charge < -0.3 is 5.73 Å². The molecule has 0 radical (unpaired) electrons. The highest BCUT2D eigenvalue weighted by Crippen LogP contribution is 2.39. The van der Waals surface area contributed by atoms with Crippen molar-refractivity contribution in [2.75, 3.05) is 12.3 Å². The maximum atomic E-state index is 5.93. The molecule has 0 amide bonds. The van der Waals surface area contributed by atoms with E-state index >= 15 is 0 Å². The minimum atomic E-state index is 0.221. The summed E-state index contributed by atoms with van der Waals surface area (Å²) in [6, 6.07) is 0. The van der Waals surface area contributed by atoms with Crippen LogP contribution in [0, 0.1) is 0 Å². The van der Waals surface area contributed by atoms with Gasteiger partial charge in [0.05, 0.1) is 0 Å². The van der Waals surface area contributed by atoms with Crippen LogP contribution in [0.5, 0.6) is 0 Å². The SMILES string of the molecule is CCCn1ncnc1CC1(CN)CCCS1. The minimum absolute atomic E-state index is 0.221. The lowest BCUT2D eigenvalue weighted by atomic mass is 9.99. The van der Waals surface area contributed by atoms with Crippen LogP contribution in [-0.4, -0.2) is 31.8 Å². The molecule has 0 spiro atoms. The number of thioether (sulfide) groups is 1. The average Bonchev–Trinajstić information content (AvgIpc) is 2.91. The standard InChI is InChI=1S/C11H20N4S/c1-2-5-15-10(13-9-14-15)7-11(8-12)4-3-6-16-11/h9H,2-8,12H2,1H3. The molecule has 0 aliphatic carbocycles. The van der Waals surface area contributed by atoms with Crippen LogP contribution in [0.3, 0.4) is 0 Å². The van der Waals surface area contributed by atoms with Gasteiger partial charge in [-0.15, -0.1) is 0 Å². The van der Waals surface area contributed by atoms with E-state index in [1.807, 2.05) is 16.4 Å². The molecule has 16 heavy (non-hydrogen) atoms. The number of rotatable bonds is 5. The topological polar surface area (TPSA) is 56.7 Å². The Kier molecular flexibility index (Phi) is 3.86. The molecule has 4 nitrogen and oxygen atoms in total. The van der Waals surface area contributed by atoms with Crippen LogP contribution in [0.4, 0.5) is 0 Å². The predicted molar refractivity (Wildman–Crippen MR) is 67.5 cm³/mol. The Balaban J connectivity index is 2.09. The maximum absolute atomic E-state index is 5.93. The molecule has 1 unspecified atom stereocenters. The molecule has 2 rings (SSSR count). The molecular formula is C11H20N4S. The smallest absolute Gasteiger partial charge is 0.138 e. The van der Waals surface area contributed by atoms with Crippen LogP contribution in [0.15, 0.2) is 6.33 Å². The highest BCUT2D eigenvalue weighted by Gasteiger charge is 2.34. The summed E-state index contributed by atoms with van der Waals surface area (Å²) in [4.78, 5) is 4.37. The summed E-state index contributed by atoms with van der Waals surface area (Å²) in [5.74, 6) is 2.33. The van der Waals surface area contributed by atoms with Gasteiger partial charge in [-0.05, 0) is 25.0 Å². The van der Waals surface area contributed by atoms with E-state index in [1.165, 1.54) is 18.6 Å². The summed E-state index contributed by atoms with van der Waals surface area (Å²) in [6.07, 6.45) is 6.22. The number of hydrogen-bond donors (Lipinski definition) is 1. The number of nitrogens with two attached hydrogens (primary N) is 1. The van der Waals surface area contributed by atoms with Crippen molar-refractivity contribution in [1.82, 2.24) is 14.8 Å². The fraction of sp³-hybridized carbons (Fsp3) is 0.818. The predicted octanol–water partition coefficient (Wildman–Crippen LogP) is 1.46. The first kappa shape index (κ1) is 11.9. The van der Waals surface area contributed by atoms with Gasteiger partial charge in [0.25, 0.3) is 0 Å². The third-order valence-electron chi connectivity index (χ3n) is 3.17. The summed E-state index contributed by atoms with van der Waals surface area (Å²) >= 11 is 2.01. The van der Waals surface area contributed by atoms with Crippen molar-refractivity contribution in [3.8, 4) is 0 Å². The molecule has 1 aliphatic heterocycles. The number of hydrogen-bond acceptors (Lipinski definition) is 4. The number of nitrogens with zero attached hydrogens (tertiary/aromatic N) is 3. The van der Waals surface area contributed by atoms with Crippen LogP contribution in [0.2, 0.25) is 0 Å². The lowest BCUT2D eigenvalue weighted by Crippen LogP contribution is -2.35. The fourth-order valence-corrected chi connectivity index (χ4v) is 3.60. The molecule has 1 aromatic heterocycles. The quantitative estimate of drug-likeness (QED) is 0.846. The van der Waals surface area contributed by atoms with E-state index in [-0.39, 0.29) is 4.75 Å². The molecular weight excluding hydrogens is 220 g/mol. The van der Waals surface area contributed by atoms with Gasteiger partial charge in [0, 0.05) is 24.3 Å². The Labute approximate surface area is 101 Å². The van der Waals surface area contributed by atoms with Crippen LogP contribution in [0.25, 0.3) is 0 Å². The van der Waals surface area contributed by atoms with Gasteiger partial charge in [-0.3, -0.25) is 4.68 Å². The molecule has 2 heterocycles. The Bertz CT molecular complexity index is 330. The molecule has 0 saturated carbocycles. The Morgan fingerprint density at radius 3 is 3.12 bits per heavy atom. The van der Waals surface area contributed by atoms with Crippen molar-refractivity contribution in [1.29, 1.82) is 0 Å². The van der Waals surface area contributed by atoms with E-state index in [0.29, 0.717) is 0 Å². The van der Waals surface area contributed by atoms with Crippen molar-refractivity contribution < 1.29 is 0 Å². The second kappa shape index (κ2) is 5.19. The molecule has 1 fully saturated rings. The van der Waals surface area contributed by atoms with Gasteiger partial charge in [0.2, 0.25) is 0 Å². The van der Waals surface area contributed by atoms with E-state index in [2.05, 4.69) is 17.0 Å². The van der Waals surface area contributed by atoms with E-state index < -0.39 is 0 Å². The Morgan fingerprint density at radius 2 is 2.50 bits per heavy atom. The van der Waals surface area contributed by atoms with E-state index in [0.717, 1.165) is 31.8 Å². The van der Waals surface area contributed by atoms with Crippen molar-refractivity contribution in [3.05, 3.63) is 12.2 Å². The average molecular weight is 240 g/mol. The molecule has 1 aromatic rings. The van der Waals surface area contributed by atoms with Gasteiger partial charge in [-0.25, -0.2) is 4.98 Å². The Morgan fingerprint density at radius 1 is 1.62 bits per heavy atom. The van der Waals surface area contributed by atoms with E-state index in [9.17, 15) is 0 Å². The van der Waals surface area contributed by atoms with Crippen LogP contribution in [-0.2, 0) is 13.0 Å². The molecule has 1 atom stereocenters. The maximum Gasteiger partial charge on any atom is 0.138 e. The van der Waals surface area contributed by atoms with Gasteiger partial charge in [0.15, 0.2) is 0 Å². The molecule has 1 aliphatic rings. The second-order valence-corrected chi connectivity index (χ2v) is 5.98. The monoisotopic (exact) mass is 240 g/mol. The van der Waals surface area contributed by atoms with Crippen molar-refractivity contribution in [3.63, 3.8) is 0 Å². The summed E-state index contributed by atoms with van der Waals surface area (Å²) in [6.45, 7) is 3.87. The highest BCUT2D eigenvalue weighted by molar-refractivity contribution is 8.00. The van der Waals surface area contributed by atoms with Crippen molar-refractivity contribution in [2.24, 2.45) is 5.73 Å². The number of aromatic nitrogens is 3. The zero-order valence-electron chi connectivity index (χ0n) is 9.85. The summed E-state index contributed by atoms with van der Waals surface area (Å²) < 4.78 is 2.24. The summed E-state index contributed by atoms with van der Waals surface area (Å²) in [5.41, 5.74) is 5.93. The first-order valence-corrected chi connectivity index (χ1v) is 6.99. The molecule has 90 valence electrons. The zero-order chi connectivity index (χ0) is 11.4. The first-order valence-electron chi connectivity index (χ1n) is 6.00. The van der Waals surface area contributed by atoms with E-state index in [4.69, 9.17) is 5.73 Å². The first-order chi connectivity index (χ1) is 7.79.